The van der Waals surface area contributed by atoms with Gasteiger partial charge in [-0.3, -0.25) is 0 Å². The Balaban J connectivity index is 1.98. The number of ether oxygens (including phenoxy) is 2. The van der Waals surface area contributed by atoms with E-state index in [0.29, 0.717) is 13.2 Å². The lowest BCUT2D eigenvalue weighted by Gasteiger charge is -2.29. The SMILES string of the molecule is CNC1COC(c2ccc(F)cc2)OC1. The van der Waals surface area contributed by atoms with Gasteiger partial charge in [-0.25, -0.2) is 4.39 Å². The van der Waals surface area contributed by atoms with E-state index >= 15 is 0 Å². The molecule has 0 aliphatic carbocycles. The fourth-order valence-corrected chi connectivity index (χ4v) is 1.48. The van der Waals surface area contributed by atoms with Crippen molar-refractivity contribution in [1.82, 2.24) is 5.32 Å². The zero-order valence-electron chi connectivity index (χ0n) is 8.57. The molecule has 0 aromatic heterocycles. The Morgan fingerprint density at radius 2 is 1.80 bits per heavy atom. The summed E-state index contributed by atoms with van der Waals surface area (Å²) in [5.74, 6) is -0.248. The summed E-state index contributed by atoms with van der Waals surface area (Å²) in [6.07, 6.45) is -0.366. The van der Waals surface area contributed by atoms with Crippen LogP contribution in [-0.2, 0) is 9.47 Å². The smallest absolute Gasteiger partial charge is 0.183 e. The van der Waals surface area contributed by atoms with Gasteiger partial charge in [0.2, 0.25) is 0 Å². The van der Waals surface area contributed by atoms with Crippen LogP contribution >= 0.6 is 0 Å². The molecule has 0 atom stereocenters. The first-order valence-electron chi connectivity index (χ1n) is 4.95. The lowest BCUT2D eigenvalue weighted by atomic mass is 10.2. The van der Waals surface area contributed by atoms with Gasteiger partial charge in [0.25, 0.3) is 0 Å². The van der Waals surface area contributed by atoms with Gasteiger partial charge in [0.15, 0.2) is 6.29 Å². The number of hydrogen-bond acceptors (Lipinski definition) is 3. The molecule has 82 valence electrons. The monoisotopic (exact) mass is 211 g/mol. The van der Waals surface area contributed by atoms with E-state index in [2.05, 4.69) is 5.32 Å². The fraction of sp³-hybridized carbons (Fsp3) is 0.455. The van der Waals surface area contributed by atoms with Crippen molar-refractivity contribution in [3.05, 3.63) is 35.6 Å². The Morgan fingerprint density at radius 3 is 2.33 bits per heavy atom. The molecule has 1 aromatic carbocycles. The molecule has 0 radical (unpaired) electrons. The first-order chi connectivity index (χ1) is 7.29. The van der Waals surface area contributed by atoms with Gasteiger partial charge >= 0.3 is 0 Å². The Labute approximate surface area is 88.2 Å². The molecule has 0 saturated carbocycles. The van der Waals surface area contributed by atoms with Crippen molar-refractivity contribution in [2.45, 2.75) is 12.3 Å². The van der Waals surface area contributed by atoms with Crippen molar-refractivity contribution < 1.29 is 13.9 Å². The lowest BCUT2D eigenvalue weighted by molar-refractivity contribution is -0.193. The summed E-state index contributed by atoms with van der Waals surface area (Å²) < 4.78 is 23.7. The number of hydrogen-bond donors (Lipinski definition) is 1. The van der Waals surface area contributed by atoms with Gasteiger partial charge in [-0.05, 0) is 19.2 Å². The second kappa shape index (κ2) is 4.70. The number of halogens is 1. The highest BCUT2D eigenvalue weighted by Crippen LogP contribution is 2.22. The summed E-state index contributed by atoms with van der Waals surface area (Å²) in [5.41, 5.74) is 0.853. The molecule has 0 spiro atoms. The molecule has 1 saturated heterocycles. The van der Waals surface area contributed by atoms with E-state index in [9.17, 15) is 4.39 Å². The zero-order valence-corrected chi connectivity index (χ0v) is 8.57. The minimum atomic E-state index is -0.366. The Kier molecular flexibility index (Phi) is 3.30. The third-order valence-electron chi connectivity index (χ3n) is 2.45. The predicted octanol–water partition coefficient (Wildman–Crippen LogP) is 1.46. The summed E-state index contributed by atoms with van der Waals surface area (Å²) >= 11 is 0. The average Bonchev–Trinajstić information content (AvgIpc) is 2.30. The van der Waals surface area contributed by atoms with Crippen LogP contribution in [0.2, 0.25) is 0 Å². The second-order valence-corrected chi connectivity index (χ2v) is 3.54. The third-order valence-corrected chi connectivity index (χ3v) is 2.45. The molecule has 0 amide bonds. The van der Waals surface area contributed by atoms with Crippen molar-refractivity contribution in [1.29, 1.82) is 0 Å². The van der Waals surface area contributed by atoms with Crippen molar-refractivity contribution >= 4 is 0 Å². The normalized spacial score (nSPS) is 26.5. The minimum Gasteiger partial charge on any atom is -0.347 e. The molecule has 0 unspecified atom stereocenters. The summed E-state index contributed by atoms with van der Waals surface area (Å²) in [6, 6.07) is 6.42. The molecule has 15 heavy (non-hydrogen) atoms. The molecule has 2 rings (SSSR count). The summed E-state index contributed by atoms with van der Waals surface area (Å²) in [5, 5.41) is 3.08. The highest BCUT2D eigenvalue weighted by molar-refractivity contribution is 5.17. The minimum absolute atomic E-state index is 0.238. The van der Waals surface area contributed by atoms with Crippen LogP contribution in [-0.4, -0.2) is 26.3 Å². The number of likely N-dealkylation sites (N-methyl/N-ethyl adjacent to an activating group) is 1. The highest BCUT2D eigenvalue weighted by atomic mass is 19.1. The van der Waals surface area contributed by atoms with Crippen LogP contribution in [0, 0.1) is 5.82 Å². The van der Waals surface area contributed by atoms with Crippen LogP contribution in [0.1, 0.15) is 11.9 Å². The topological polar surface area (TPSA) is 30.5 Å². The van der Waals surface area contributed by atoms with Gasteiger partial charge in [-0.2, -0.15) is 0 Å². The van der Waals surface area contributed by atoms with Crippen LogP contribution in [0.15, 0.2) is 24.3 Å². The van der Waals surface area contributed by atoms with Gasteiger partial charge in [0, 0.05) is 5.56 Å². The van der Waals surface area contributed by atoms with E-state index in [0.717, 1.165) is 5.56 Å². The number of benzene rings is 1. The van der Waals surface area contributed by atoms with Gasteiger partial charge in [0.05, 0.1) is 19.3 Å². The molecular formula is C11H14FNO2. The predicted molar refractivity (Wildman–Crippen MR) is 53.9 cm³/mol. The van der Waals surface area contributed by atoms with E-state index in [-0.39, 0.29) is 18.1 Å². The molecule has 1 aliphatic rings. The third kappa shape index (κ3) is 2.53. The van der Waals surface area contributed by atoms with Crippen molar-refractivity contribution in [3.8, 4) is 0 Å². The maximum Gasteiger partial charge on any atom is 0.183 e. The molecule has 1 aliphatic heterocycles. The van der Waals surface area contributed by atoms with E-state index in [1.807, 2.05) is 7.05 Å². The summed E-state index contributed by atoms with van der Waals surface area (Å²) in [6.45, 7) is 1.22. The van der Waals surface area contributed by atoms with E-state index in [1.165, 1.54) is 12.1 Å². The molecule has 3 nitrogen and oxygen atoms in total. The Morgan fingerprint density at radius 1 is 1.20 bits per heavy atom. The first kappa shape index (κ1) is 10.5. The average molecular weight is 211 g/mol. The number of rotatable bonds is 2. The van der Waals surface area contributed by atoms with E-state index in [4.69, 9.17) is 9.47 Å². The maximum atomic E-state index is 12.7. The highest BCUT2D eigenvalue weighted by Gasteiger charge is 2.22. The maximum absolute atomic E-state index is 12.7. The number of nitrogens with one attached hydrogen (secondary N) is 1. The summed E-state index contributed by atoms with van der Waals surface area (Å²) in [4.78, 5) is 0. The van der Waals surface area contributed by atoms with Gasteiger partial charge in [-0.1, -0.05) is 12.1 Å². The Bertz CT molecular complexity index is 307. The summed E-state index contributed by atoms with van der Waals surface area (Å²) in [7, 11) is 1.87. The van der Waals surface area contributed by atoms with Crippen molar-refractivity contribution in [2.75, 3.05) is 20.3 Å². The van der Waals surface area contributed by atoms with Crippen LogP contribution in [0.3, 0.4) is 0 Å². The molecule has 1 aromatic rings. The first-order valence-corrected chi connectivity index (χ1v) is 4.95. The molecule has 1 fully saturated rings. The van der Waals surface area contributed by atoms with E-state index < -0.39 is 0 Å². The van der Waals surface area contributed by atoms with Gasteiger partial charge in [0.1, 0.15) is 5.82 Å². The lowest BCUT2D eigenvalue weighted by Crippen LogP contribution is -2.40. The van der Waals surface area contributed by atoms with E-state index in [1.54, 1.807) is 12.1 Å². The van der Waals surface area contributed by atoms with Crippen LogP contribution in [0.5, 0.6) is 0 Å². The fourth-order valence-electron chi connectivity index (χ4n) is 1.48. The zero-order chi connectivity index (χ0) is 10.7. The quantitative estimate of drug-likeness (QED) is 0.803. The molecule has 1 heterocycles. The molecule has 0 bridgehead atoms. The van der Waals surface area contributed by atoms with Gasteiger partial charge in [-0.15, -0.1) is 0 Å². The van der Waals surface area contributed by atoms with Crippen molar-refractivity contribution in [2.24, 2.45) is 0 Å². The van der Waals surface area contributed by atoms with Crippen LogP contribution in [0.25, 0.3) is 0 Å². The van der Waals surface area contributed by atoms with Crippen LogP contribution in [0.4, 0.5) is 4.39 Å². The molecule has 1 N–H and O–H groups in total. The van der Waals surface area contributed by atoms with Gasteiger partial charge < -0.3 is 14.8 Å². The second-order valence-electron chi connectivity index (χ2n) is 3.54. The standard InChI is InChI=1S/C11H14FNO2/c1-13-10-6-14-11(15-7-10)8-2-4-9(12)5-3-8/h2-5,10-11,13H,6-7H2,1H3. The molecule has 4 heteroatoms. The van der Waals surface area contributed by atoms with Crippen molar-refractivity contribution in [3.63, 3.8) is 0 Å². The van der Waals surface area contributed by atoms with Crippen LogP contribution < -0.4 is 5.32 Å². The molecular weight excluding hydrogens is 197 g/mol. The largest absolute Gasteiger partial charge is 0.347 e. The Hall–Kier alpha value is -0.970.